The SMILES string of the molecule is COCCn1c(SC(C)c2nnnn2-c2ccccc2)nnc1-c1cccc(C)c1. The van der Waals surface area contributed by atoms with Crippen LogP contribution in [0.4, 0.5) is 0 Å². The fourth-order valence-corrected chi connectivity index (χ4v) is 4.13. The Morgan fingerprint density at radius 3 is 2.63 bits per heavy atom. The highest BCUT2D eigenvalue weighted by Crippen LogP contribution is 2.35. The molecule has 0 radical (unpaired) electrons. The minimum absolute atomic E-state index is 0.0314. The Hall–Kier alpha value is -3.04. The minimum atomic E-state index is -0.0314. The number of thioether (sulfide) groups is 1. The monoisotopic (exact) mass is 421 g/mol. The van der Waals surface area contributed by atoms with Gasteiger partial charge in [0.15, 0.2) is 16.8 Å². The lowest BCUT2D eigenvalue weighted by Crippen LogP contribution is -2.09. The molecule has 8 nitrogen and oxygen atoms in total. The van der Waals surface area contributed by atoms with E-state index in [1.165, 1.54) is 5.56 Å². The minimum Gasteiger partial charge on any atom is -0.383 e. The molecular weight excluding hydrogens is 398 g/mol. The van der Waals surface area contributed by atoms with E-state index in [1.54, 1.807) is 23.6 Å². The number of para-hydroxylation sites is 1. The summed E-state index contributed by atoms with van der Waals surface area (Å²) < 4.78 is 9.17. The van der Waals surface area contributed by atoms with Crippen molar-refractivity contribution in [3.05, 3.63) is 66.0 Å². The van der Waals surface area contributed by atoms with Gasteiger partial charge in [0.25, 0.3) is 0 Å². The Bertz CT molecular complexity index is 1110. The average Bonchev–Trinajstić information content (AvgIpc) is 3.40. The smallest absolute Gasteiger partial charge is 0.192 e. The van der Waals surface area contributed by atoms with Crippen molar-refractivity contribution in [3.63, 3.8) is 0 Å². The van der Waals surface area contributed by atoms with Gasteiger partial charge in [0, 0.05) is 12.7 Å². The summed E-state index contributed by atoms with van der Waals surface area (Å²) in [7, 11) is 1.69. The van der Waals surface area contributed by atoms with Gasteiger partial charge in [-0.1, -0.05) is 53.7 Å². The first-order valence-electron chi connectivity index (χ1n) is 9.67. The zero-order valence-corrected chi connectivity index (χ0v) is 18.0. The molecule has 154 valence electrons. The van der Waals surface area contributed by atoms with Gasteiger partial charge >= 0.3 is 0 Å². The third-order valence-electron chi connectivity index (χ3n) is 4.65. The number of hydrogen-bond donors (Lipinski definition) is 0. The molecule has 0 aliphatic carbocycles. The van der Waals surface area contributed by atoms with E-state index in [1.807, 2.05) is 42.5 Å². The van der Waals surface area contributed by atoms with Gasteiger partial charge < -0.3 is 4.74 Å². The molecule has 2 aromatic heterocycles. The summed E-state index contributed by atoms with van der Waals surface area (Å²) in [6, 6.07) is 18.1. The third kappa shape index (κ3) is 4.27. The molecule has 0 aliphatic rings. The normalized spacial score (nSPS) is 12.2. The zero-order valence-electron chi connectivity index (χ0n) is 17.1. The maximum atomic E-state index is 5.32. The second kappa shape index (κ2) is 9.19. The molecule has 0 spiro atoms. The summed E-state index contributed by atoms with van der Waals surface area (Å²) in [4.78, 5) is 0. The van der Waals surface area contributed by atoms with Gasteiger partial charge in [0.1, 0.15) is 0 Å². The summed E-state index contributed by atoms with van der Waals surface area (Å²) in [5.41, 5.74) is 3.14. The van der Waals surface area contributed by atoms with Crippen LogP contribution >= 0.6 is 11.8 Å². The number of rotatable bonds is 8. The number of hydrogen-bond acceptors (Lipinski definition) is 7. The highest BCUT2D eigenvalue weighted by Gasteiger charge is 2.22. The van der Waals surface area contributed by atoms with E-state index < -0.39 is 0 Å². The molecule has 2 heterocycles. The van der Waals surface area contributed by atoms with Crippen LogP contribution < -0.4 is 0 Å². The van der Waals surface area contributed by atoms with Crippen LogP contribution in [0.3, 0.4) is 0 Å². The first-order valence-corrected chi connectivity index (χ1v) is 10.5. The first kappa shape index (κ1) is 20.2. The van der Waals surface area contributed by atoms with Crippen LogP contribution in [0.25, 0.3) is 17.1 Å². The fourth-order valence-electron chi connectivity index (χ4n) is 3.17. The van der Waals surface area contributed by atoms with Crippen molar-refractivity contribution in [2.45, 2.75) is 30.8 Å². The van der Waals surface area contributed by atoms with Gasteiger partial charge in [-0.25, -0.2) is 0 Å². The predicted octanol–water partition coefficient (Wildman–Crippen LogP) is 3.73. The molecule has 1 unspecified atom stereocenters. The second-order valence-corrected chi connectivity index (χ2v) is 8.17. The van der Waals surface area contributed by atoms with Crippen molar-refractivity contribution in [2.75, 3.05) is 13.7 Å². The van der Waals surface area contributed by atoms with Gasteiger partial charge in [-0.3, -0.25) is 4.57 Å². The van der Waals surface area contributed by atoms with E-state index in [-0.39, 0.29) is 5.25 Å². The van der Waals surface area contributed by atoms with E-state index in [0.29, 0.717) is 13.2 Å². The molecule has 0 saturated carbocycles. The van der Waals surface area contributed by atoms with Crippen molar-refractivity contribution in [3.8, 4) is 17.1 Å². The maximum Gasteiger partial charge on any atom is 0.192 e. The zero-order chi connectivity index (χ0) is 20.9. The molecular formula is C21H23N7OS. The Balaban J connectivity index is 1.64. The topological polar surface area (TPSA) is 83.5 Å². The lowest BCUT2D eigenvalue weighted by atomic mass is 10.1. The Kier molecular flexibility index (Phi) is 6.20. The Labute approximate surface area is 179 Å². The first-order chi connectivity index (χ1) is 14.7. The third-order valence-corrected chi connectivity index (χ3v) is 5.73. The summed E-state index contributed by atoms with van der Waals surface area (Å²) in [5, 5.41) is 22.0. The molecule has 1 atom stereocenters. The largest absolute Gasteiger partial charge is 0.383 e. The summed E-state index contributed by atoms with van der Waals surface area (Å²) in [6.45, 7) is 5.37. The lowest BCUT2D eigenvalue weighted by molar-refractivity contribution is 0.185. The molecule has 0 bridgehead atoms. The van der Waals surface area contributed by atoms with E-state index in [0.717, 1.165) is 28.1 Å². The maximum absolute atomic E-state index is 5.32. The molecule has 4 rings (SSSR count). The average molecular weight is 422 g/mol. The summed E-state index contributed by atoms with van der Waals surface area (Å²) in [6.07, 6.45) is 0. The van der Waals surface area contributed by atoms with Crippen LogP contribution in [0.1, 0.15) is 23.6 Å². The van der Waals surface area contributed by atoms with Crippen molar-refractivity contribution >= 4 is 11.8 Å². The highest BCUT2D eigenvalue weighted by atomic mass is 32.2. The molecule has 0 fully saturated rings. The molecule has 0 amide bonds. The van der Waals surface area contributed by atoms with Gasteiger partial charge in [-0.15, -0.1) is 15.3 Å². The lowest BCUT2D eigenvalue weighted by Gasteiger charge is -2.13. The standard InChI is InChI=1S/C21H23N7OS/c1-15-8-7-9-17(14-15)20-22-24-21(27(20)12-13-29-3)30-16(2)19-23-25-26-28(19)18-10-5-4-6-11-18/h4-11,14,16H,12-13H2,1-3H3. The number of nitrogens with zero attached hydrogens (tertiary/aromatic N) is 7. The highest BCUT2D eigenvalue weighted by molar-refractivity contribution is 7.99. The van der Waals surface area contributed by atoms with Crippen LogP contribution in [0.2, 0.25) is 0 Å². The van der Waals surface area contributed by atoms with Crippen molar-refractivity contribution in [2.24, 2.45) is 0 Å². The van der Waals surface area contributed by atoms with E-state index in [2.05, 4.69) is 56.3 Å². The van der Waals surface area contributed by atoms with Gasteiger partial charge in [0.2, 0.25) is 0 Å². The number of benzene rings is 2. The molecule has 0 aliphatic heterocycles. The molecule has 0 N–H and O–H groups in total. The van der Waals surface area contributed by atoms with Crippen molar-refractivity contribution in [1.29, 1.82) is 0 Å². The van der Waals surface area contributed by atoms with Gasteiger partial charge in [-0.2, -0.15) is 4.68 Å². The summed E-state index contributed by atoms with van der Waals surface area (Å²) in [5.74, 6) is 1.58. The van der Waals surface area contributed by atoms with Crippen molar-refractivity contribution < 1.29 is 4.74 Å². The number of aromatic nitrogens is 7. The number of ether oxygens (including phenoxy) is 1. The Morgan fingerprint density at radius 1 is 1.03 bits per heavy atom. The van der Waals surface area contributed by atoms with E-state index in [4.69, 9.17) is 4.74 Å². The van der Waals surface area contributed by atoms with E-state index >= 15 is 0 Å². The molecule has 2 aromatic carbocycles. The second-order valence-electron chi connectivity index (χ2n) is 6.86. The quantitative estimate of drug-likeness (QED) is 0.401. The van der Waals surface area contributed by atoms with Crippen LogP contribution in [0.5, 0.6) is 0 Å². The van der Waals surface area contributed by atoms with Gasteiger partial charge in [0.05, 0.1) is 24.1 Å². The van der Waals surface area contributed by atoms with Crippen molar-refractivity contribution in [1.82, 2.24) is 35.0 Å². The number of aryl methyl sites for hydroxylation is 1. The number of tetrazole rings is 1. The van der Waals surface area contributed by atoms with Crippen LogP contribution in [0.15, 0.2) is 59.8 Å². The van der Waals surface area contributed by atoms with Gasteiger partial charge in [-0.05, 0) is 42.5 Å². The Morgan fingerprint density at radius 2 is 1.87 bits per heavy atom. The molecule has 30 heavy (non-hydrogen) atoms. The fraction of sp³-hybridized carbons (Fsp3) is 0.286. The molecule has 9 heteroatoms. The molecule has 0 saturated heterocycles. The summed E-state index contributed by atoms with van der Waals surface area (Å²) >= 11 is 1.58. The van der Waals surface area contributed by atoms with E-state index in [9.17, 15) is 0 Å². The van der Waals surface area contributed by atoms with Crippen LogP contribution in [0, 0.1) is 6.92 Å². The van der Waals surface area contributed by atoms with Crippen LogP contribution in [-0.4, -0.2) is 48.7 Å². The number of methoxy groups -OCH3 is 1. The predicted molar refractivity (Wildman–Crippen MR) is 115 cm³/mol. The molecule has 4 aromatic rings. The van der Waals surface area contributed by atoms with Crippen LogP contribution in [-0.2, 0) is 11.3 Å².